The second-order valence-electron chi connectivity index (χ2n) is 5.00. The number of benzene rings is 1. The standard InChI is InChI=1S/C12H12F6N2O3S/c1-10(11(13,14)15,12(16,17)18)20-9(21)19-7-4-3-5-8(6-7)24(2,22)23/h3-6H,1-2H3,(H2,19,20,21). The van der Waals surface area contributed by atoms with Gasteiger partial charge in [0, 0.05) is 11.9 Å². The van der Waals surface area contributed by atoms with Crippen molar-refractivity contribution in [3.8, 4) is 0 Å². The van der Waals surface area contributed by atoms with Crippen LogP contribution in [0.1, 0.15) is 6.92 Å². The van der Waals surface area contributed by atoms with Crippen molar-refractivity contribution in [1.82, 2.24) is 5.32 Å². The largest absolute Gasteiger partial charge is 0.420 e. The Morgan fingerprint density at radius 2 is 1.54 bits per heavy atom. The van der Waals surface area contributed by atoms with E-state index in [1.54, 1.807) is 5.32 Å². The molecule has 0 unspecified atom stereocenters. The summed E-state index contributed by atoms with van der Waals surface area (Å²) in [6.45, 7) is -0.223. The van der Waals surface area contributed by atoms with E-state index < -0.39 is 33.8 Å². The van der Waals surface area contributed by atoms with Gasteiger partial charge in [0.2, 0.25) is 5.54 Å². The molecule has 0 radical (unpaired) electrons. The van der Waals surface area contributed by atoms with Gasteiger partial charge in [-0.3, -0.25) is 0 Å². The van der Waals surface area contributed by atoms with Crippen LogP contribution in [0.2, 0.25) is 0 Å². The zero-order chi connectivity index (χ0) is 19.0. The molecule has 136 valence electrons. The molecular weight excluding hydrogens is 366 g/mol. The van der Waals surface area contributed by atoms with E-state index in [0.29, 0.717) is 0 Å². The summed E-state index contributed by atoms with van der Waals surface area (Å²) in [7, 11) is -3.67. The van der Waals surface area contributed by atoms with Crippen molar-refractivity contribution in [3.05, 3.63) is 24.3 Å². The van der Waals surface area contributed by atoms with Gasteiger partial charge in [-0.05, 0) is 25.1 Å². The van der Waals surface area contributed by atoms with E-state index in [9.17, 15) is 39.6 Å². The van der Waals surface area contributed by atoms with Gasteiger partial charge in [-0.15, -0.1) is 0 Å². The van der Waals surface area contributed by atoms with Crippen molar-refractivity contribution >= 4 is 21.6 Å². The highest BCUT2D eigenvalue weighted by Gasteiger charge is 2.68. The van der Waals surface area contributed by atoms with Crippen LogP contribution in [-0.4, -0.2) is 38.6 Å². The van der Waals surface area contributed by atoms with Crippen molar-refractivity contribution in [1.29, 1.82) is 0 Å². The van der Waals surface area contributed by atoms with E-state index in [1.165, 1.54) is 6.07 Å². The molecule has 0 aliphatic heterocycles. The minimum Gasteiger partial charge on any atom is -0.316 e. The fourth-order valence-electron chi connectivity index (χ4n) is 1.50. The number of nitrogens with one attached hydrogen (secondary N) is 2. The average Bonchev–Trinajstić information content (AvgIpc) is 2.35. The molecule has 0 aliphatic carbocycles. The smallest absolute Gasteiger partial charge is 0.316 e. The number of amides is 2. The minimum atomic E-state index is -5.79. The maximum Gasteiger partial charge on any atom is 0.420 e. The van der Waals surface area contributed by atoms with Gasteiger partial charge < -0.3 is 10.6 Å². The molecule has 0 saturated heterocycles. The first-order chi connectivity index (χ1) is 10.6. The Kier molecular flexibility index (Phi) is 5.14. The van der Waals surface area contributed by atoms with Gasteiger partial charge in [0.05, 0.1) is 4.90 Å². The highest BCUT2D eigenvalue weighted by atomic mass is 32.2. The van der Waals surface area contributed by atoms with Crippen LogP contribution in [0.4, 0.5) is 36.8 Å². The second-order valence-corrected chi connectivity index (χ2v) is 7.02. The summed E-state index contributed by atoms with van der Waals surface area (Å²) in [4.78, 5) is 11.2. The third kappa shape index (κ3) is 4.30. The van der Waals surface area contributed by atoms with Crippen LogP contribution >= 0.6 is 0 Å². The third-order valence-electron chi connectivity index (χ3n) is 3.02. The quantitative estimate of drug-likeness (QED) is 0.794. The minimum absolute atomic E-state index is 0.223. The summed E-state index contributed by atoms with van der Waals surface area (Å²) in [5, 5.41) is 2.57. The van der Waals surface area contributed by atoms with Crippen LogP contribution < -0.4 is 10.6 Å². The number of alkyl halides is 6. The summed E-state index contributed by atoms with van der Waals surface area (Å²) < 4.78 is 98.7. The first-order valence-corrected chi connectivity index (χ1v) is 8.00. The van der Waals surface area contributed by atoms with Crippen molar-refractivity contribution in [2.24, 2.45) is 0 Å². The summed E-state index contributed by atoms with van der Waals surface area (Å²) in [6, 6.07) is 2.52. The SMILES string of the molecule is CC(NC(=O)Nc1cccc(S(C)(=O)=O)c1)(C(F)(F)F)C(F)(F)F. The first-order valence-electron chi connectivity index (χ1n) is 6.11. The lowest BCUT2D eigenvalue weighted by Crippen LogP contribution is -2.66. The molecule has 0 atom stereocenters. The fourth-order valence-corrected chi connectivity index (χ4v) is 2.16. The Bertz CT molecular complexity index is 713. The Balaban J connectivity index is 3.04. The maximum atomic E-state index is 12.7. The molecule has 0 spiro atoms. The zero-order valence-electron chi connectivity index (χ0n) is 12.2. The van der Waals surface area contributed by atoms with Crippen LogP contribution in [0.3, 0.4) is 0 Å². The molecule has 1 aromatic rings. The van der Waals surface area contributed by atoms with Gasteiger partial charge in [0.1, 0.15) is 0 Å². The lowest BCUT2D eigenvalue weighted by atomic mass is 10.0. The molecule has 0 aromatic heterocycles. The van der Waals surface area contributed by atoms with E-state index >= 15 is 0 Å². The lowest BCUT2D eigenvalue weighted by Gasteiger charge is -2.34. The van der Waals surface area contributed by atoms with Gasteiger partial charge in [-0.25, -0.2) is 13.2 Å². The van der Waals surface area contributed by atoms with Gasteiger partial charge in [-0.2, -0.15) is 26.3 Å². The molecule has 0 saturated carbocycles. The summed E-state index contributed by atoms with van der Waals surface area (Å²) in [5.41, 5.74) is -4.76. The molecule has 1 aromatic carbocycles. The van der Waals surface area contributed by atoms with Crippen molar-refractivity contribution in [2.75, 3.05) is 11.6 Å². The predicted octanol–water partition coefficient (Wildman–Crippen LogP) is 3.09. The van der Waals surface area contributed by atoms with E-state index in [4.69, 9.17) is 0 Å². The van der Waals surface area contributed by atoms with Crippen LogP contribution in [0.15, 0.2) is 29.2 Å². The van der Waals surface area contributed by atoms with Crippen LogP contribution in [0.25, 0.3) is 0 Å². The van der Waals surface area contributed by atoms with Crippen molar-refractivity contribution < 1.29 is 39.6 Å². The van der Waals surface area contributed by atoms with Crippen LogP contribution in [0.5, 0.6) is 0 Å². The topological polar surface area (TPSA) is 75.3 Å². The molecule has 2 N–H and O–H groups in total. The molecule has 5 nitrogen and oxygen atoms in total. The molecular formula is C12H12F6N2O3S. The Morgan fingerprint density at radius 3 is 1.96 bits per heavy atom. The number of hydrogen-bond donors (Lipinski definition) is 2. The molecule has 0 aliphatic rings. The van der Waals surface area contributed by atoms with Crippen LogP contribution in [0, 0.1) is 0 Å². The van der Waals surface area contributed by atoms with E-state index in [0.717, 1.165) is 29.8 Å². The molecule has 1 rings (SSSR count). The number of rotatable bonds is 3. The van der Waals surface area contributed by atoms with Crippen molar-refractivity contribution in [2.45, 2.75) is 29.7 Å². The number of carbonyl (C=O) groups is 1. The second kappa shape index (κ2) is 6.15. The van der Waals surface area contributed by atoms with E-state index in [1.807, 2.05) is 0 Å². The number of anilines is 1. The summed E-state index contributed by atoms with van der Waals surface area (Å²) in [6.07, 6.45) is -10.7. The lowest BCUT2D eigenvalue weighted by molar-refractivity contribution is -0.297. The van der Waals surface area contributed by atoms with Crippen LogP contribution in [-0.2, 0) is 9.84 Å². The van der Waals surface area contributed by atoms with Gasteiger partial charge in [0.25, 0.3) is 0 Å². The average molecular weight is 378 g/mol. The van der Waals surface area contributed by atoms with Gasteiger partial charge >= 0.3 is 18.4 Å². The van der Waals surface area contributed by atoms with E-state index in [-0.39, 0.29) is 17.5 Å². The zero-order valence-corrected chi connectivity index (χ0v) is 13.0. The Morgan fingerprint density at radius 1 is 1.04 bits per heavy atom. The Labute approximate surface area is 133 Å². The first kappa shape index (κ1) is 20.1. The number of carbonyl (C=O) groups excluding carboxylic acids is 1. The molecule has 12 heteroatoms. The number of urea groups is 1. The fraction of sp³-hybridized carbons (Fsp3) is 0.417. The maximum absolute atomic E-state index is 12.7. The number of sulfone groups is 1. The highest BCUT2D eigenvalue weighted by molar-refractivity contribution is 7.90. The summed E-state index contributed by atoms with van der Waals surface area (Å²) in [5.74, 6) is 0. The molecule has 0 heterocycles. The predicted molar refractivity (Wildman–Crippen MR) is 72.2 cm³/mol. The van der Waals surface area contributed by atoms with Gasteiger partial charge in [-0.1, -0.05) is 6.07 Å². The third-order valence-corrected chi connectivity index (χ3v) is 4.13. The summed E-state index contributed by atoms with van der Waals surface area (Å²) >= 11 is 0. The normalized spacial score (nSPS) is 13.5. The van der Waals surface area contributed by atoms with Crippen molar-refractivity contribution in [3.63, 3.8) is 0 Å². The molecule has 2 amide bonds. The number of hydrogen-bond acceptors (Lipinski definition) is 3. The molecule has 0 bridgehead atoms. The number of halogens is 6. The molecule has 24 heavy (non-hydrogen) atoms. The molecule has 0 fully saturated rings. The Hall–Kier alpha value is -1.98. The van der Waals surface area contributed by atoms with Gasteiger partial charge in [0.15, 0.2) is 9.84 Å². The van der Waals surface area contributed by atoms with E-state index in [2.05, 4.69) is 0 Å². The highest BCUT2D eigenvalue weighted by Crippen LogP contribution is 2.42. The monoisotopic (exact) mass is 378 g/mol.